The van der Waals surface area contributed by atoms with Gasteiger partial charge in [0.25, 0.3) is 5.91 Å². The zero-order valence-electron chi connectivity index (χ0n) is 12.4. The fraction of sp³-hybridized carbons (Fsp3) is 0.0625. The fourth-order valence-electron chi connectivity index (χ4n) is 1.71. The van der Waals surface area contributed by atoms with Gasteiger partial charge in [-0.2, -0.15) is 0 Å². The van der Waals surface area contributed by atoms with E-state index in [1.807, 2.05) is 0 Å². The van der Waals surface area contributed by atoms with E-state index in [0.29, 0.717) is 16.4 Å². The number of phenolic OH excluding ortho intramolecular Hbond substituents is 2. The number of phenols is 2. The third-order valence-corrected chi connectivity index (χ3v) is 3.53. The lowest BCUT2D eigenvalue weighted by Crippen LogP contribution is -2.20. The van der Waals surface area contributed by atoms with Gasteiger partial charge in [-0.25, -0.2) is 4.98 Å². The number of hydrogen-bond acceptors (Lipinski definition) is 6. The van der Waals surface area contributed by atoms with Crippen LogP contribution in [-0.2, 0) is 4.79 Å². The van der Waals surface area contributed by atoms with E-state index in [0.717, 1.165) is 0 Å². The number of thiazole rings is 1. The van der Waals surface area contributed by atoms with E-state index in [9.17, 15) is 15.0 Å². The molecule has 0 radical (unpaired) electrons. The third kappa shape index (κ3) is 4.04. The Morgan fingerprint density at radius 2 is 2.22 bits per heavy atom. The maximum atomic E-state index is 12.0. The van der Waals surface area contributed by atoms with Crippen LogP contribution in [0.5, 0.6) is 11.5 Å². The van der Waals surface area contributed by atoms with E-state index >= 15 is 0 Å². The summed E-state index contributed by atoms with van der Waals surface area (Å²) in [7, 11) is 0. The van der Waals surface area contributed by atoms with Crippen molar-refractivity contribution in [2.45, 2.75) is 6.92 Å². The van der Waals surface area contributed by atoms with Crippen LogP contribution >= 0.6 is 11.3 Å². The minimum absolute atomic E-state index is 0.0363. The number of carbonyl (C=O) groups is 1. The van der Waals surface area contributed by atoms with Crippen LogP contribution in [0.25, 0.3) is 11.3 Å². The Morgan fingerprint density at radius 3 is 2.87 bits per heavy atom. The molecule has 2 rings (SSSR count). The lowest BCUT2D eigenvalue weighted by molar-refractivity contribution is -0.110. The van der Waals surface area contributed by atoms with Gasteiger partial charge in [0.1, 0.15) is 17.2 Å². The Morgan fingerprint density at radius 1 is 1.43 bits per heavy atom. The highest BCUT2D eigenvalue weighted by Gasteiger charge is 2.13. The van der Waals surface area contributed by atoms with Gasteiger partial charge in [-0.05, 0) is 25.1 Å². The number of benzene rings is 1. The molecule has 1 aromatic heterocycles. The summed E-state index contributed by atoms with van der Waals surface area (Å²) in [5.41, 5.74) is 1.13. The van der Waals surface area contributed by atoms with Gasteiger partial charge in [0.15, 0.2) is 5.13 Å². The van der Waals surface area contributed by atoms with Gasteiger partial charge in [-0.3, -0.25) is 15.1 Å². The van der Waals surface area contributed by atoms with Gasteiger partial charge in [-0.1, -0.05) is 12.7 Å². The van der Waals surface area contributed by atoms with E-state index in [4.69, 9.17) is 0 Å². The van der Waals surface area contributed by atoms with Gasteiger partial charge in [0.05, 0.1) is 5.69 Å². The molecule has 118 valence electrons. The predicted octanol–water partition coefficient (Wildman–Crippen LogP) is 3.32. The highest BCUT2D eigenvalue weighted by atomic mass is 32.1. The van der Waals surface area contributed by atoms with Crippen LogP contribution in [0, 0.1) is 0 Å². The number of rotatable bonds is 5. The molecule has 23 heavy (non-hydrogen) atoms. The van der Waals surface area contributed by atoms with Crippen LogP contribution < -0.4 is 5.32 Å². The molecule has 0 saturated heterocycles. The fourth-order valence-corrected chi connectivity index (χ4v) is 2.42. The van der Waals surface area contributed by atoms with Crippen molar-refractivity contribution in [2.24, 2.45) is 4.99 Å². The molecule has 1 amide bonds. The van der Waals surface area contributed by atoms with Crippen LogP contribution in [-0.4, -0.2) is 26.8 Å². The molecule has 0 fully saturated rings. The van der Waals surface area contributed by atoms with Crippen molar-refractivity contribution in [1.82, 2.24) is 4.98 Å². The third-order valence-electron chi connectivity index (χ3n) is 2.77. The smallest absolute Gasteiger partial charge is 0.276 e. The summed E-state index contributed by atoms with van der Waals surface area (Å²) in [6.07, 6.45) is 4.56. The largest absolute Gasteiger partial charge is 0.508 e. The van der Waals surface area contributed by atoms with Crippen LogP contribution in [0.15, 0.2) is 53.5 Å². The van der Waals surface area contributed by atoms with Crippen molar-refractivity contribution in [3.05, 3.63) is 48.5 Å². The molecule has 0 aliphatic heterocycles. The summed E-state index contributed by atoms with van der Waals surface area (Å²) in [5.74, 6) is -0.547. The van der Waals surface area contributed by atoms with Crippen LogP contribution in [0.1, 0.15) is 6.92 Å². The van der Waals surface area contributed by atoms with E-state index in [2.05, 4.69) is 21.9 Å². The normalized spacial score (nSPS) is 11.6. The summed E-state index contributed by atoms with van der Waals surface area (Å²) in [6, 6.07) is 4.23. The number of hydrogen-bond donors (Lipinski definition) is 3. The van der Waals surface area contributed by atoms with Crippen molar-refractivity contribution in [1.29, 1.82) is 0 Å². The summed E-state index contributed by atoms with van der Waals surface area (Å²) in [4.78, 5) is 20.3. The van der Waals surface area contributed by atoms with Gasteiger partial charge in [0, 0.05) is 23.2 Å². The van der Waals surface area contributed by atoms with Gasteiger partial charge in [-0.15, -0.1) is 11.3 Å². The molecule has 0 saturated carbocycles. The Labute approximate surface area is 137 Å². The molecule has 0 unspecified atom stereocenters. The molecule has 6 nitrogen and oxygen atoms in total. The highest BCUT2D eigenvalue weighted by Crippen LogP contribution is 2.33. The number of amides is 1. The van der Waals surface area contributed by atoms with Crippen molar-refractivity contribution < 1.29 is 15.0 Å². The zero-order valence-corrected chi connectivity index (χ0v) is 13.2. The van der Waals surface area contributed by atoms with Crippen LogP contribution in [0.2, 0.25) is 0 Å². The standard InChI is InChI=1S/C16H15N3O3S/c1-3-7-17-12(4-2)15(22)19-16-18-13(9-23-16)11-6-5-10(20)8-14(11)21/h3-9,20-21H,2H2,1H3,(H,18,19,22)/b7-3-,17-12+. The Balaban J connectivity index is 2.19. The number of aliphatic imine (C=N–C) groups is 1. The monoisotopic (exact) mass is 329 g/mol. The van der Waals surface area contributed by atoms with Crippen molar-refractivity contribution >= 4 is 28.1 Å². The molecular weight excluding hydrogens is 314 g/mol. The van der Waals surface area contributed by atoms with Gasteiger partial charge in [0.2, 0.25) is 0 Å². The topological polar surface area (TPSA) is 94.8 Å². The molecule has 0 aliphatic carbocycles. The van der Waals surface area contributed by atoms with E-state index in [-0.39, 0.29) is 17.2 Å². The second kappa shape index (κ2) is 7.37. The predicted molar refractivity (Wildman–Crippen MR) is 92.0 cm³/mol. The van der Waals surface area contributed by atoms with Gasteiger partial charge >= 0.3 is 0 Å². The number of carbonyl (C=O) groups excluding carboxylic acids is 1. The number of nitrogens with one attached hydrogen (secondary N) is 1. The van der Waals surface area contributed by atoms with Crippen LogP contribution in [0.4, 0.5) is 5.13 Å². The van der Waals surface area contributed by atoms with Crippen molar-refractivity contribution in [2.75, 3.05) is 5.32 Å². The number of aromatic hydroxyl groups is 2. The average molecular weight is 329 g/mol. The lowest BCUT2D eigenvalue weighted by atomic mass is 10.1. The molecule has 1 aromatic carbocycles. The van der Waals surface area contributed by atoms with Crippen molar-refractivity contribution in [3.8, 4) is 22.8 Å². The molecular formula is C16H15N3O3S. The molecule has 0 bridgehead atoms. The molecule has 2 aromatic rings. The minimum atomic E-state index is -0.422. The summed E-state index contributed by atoms with van der Waals surface area (Å²) in [6.45, 7) is 5.34. The van der Waals surface area contributed by atoms with Gasteiger partial charge < -0.3 is 10.2 Å². The number of anilines is 1. The second-order valence-corrected chi connectivity index (χ2v) is 5.25. The molecule has 0 atom stereocenters. The number of allylic oxidation sites excluding steroid dienone is 1. The number of aromatic nitrogens is 1. The maximum absolute atomic E-state index is 12.0. The summed E-state index contributed by atoms with van der Waals surface area (Å²) < 4.78 is 0. The van der Waals surface area contributed by atoms with Crippen LogP contribution in [0.3, 0.4) is 0 Å². The Bertz CT molecular complexity index is 794. The molecule has 0 aliphatic rings. The lowest BCUT2D eigenvalue weighted by Gasteiger charge is -2.02. The zero-order chi connectivity index (χ0) is 16.8. The second-order valence-electron chi connectivity index (χ2n) is 4.39. The molecule has 7 heteroatoms. The van der Waals surface area contributed by atoms with E-state index in [1.165, 1.54) is 35.7 Å². The molecule has 1 heterocycles. The number of nitrogens with zero attached hydrogens (tertiary/aromatic N) is 2. The minimum Gasteiger partial charge on any atom is -0.508 e. The summed E-state index contributed by atoms with van der Waals surface area (Å²) in [5, 5.41) is 23.8. The SMILES string of the molecule is C=C/C(=N\C=C/C)C(=O)Nc1nc(-c2ccc(O)cc2O)cs1. The maximum Gasteiger partial charge on any atom is 0.276 e. The Hall–Kier alpha value is -2.93. The first-order valence-electron chi connectivity index (χ1n) is 6.65. The Kier molecular flexibility index (Phi) is 5.27. The average Bonchev–Trinajstić information content (AvgIpc) is 2.96. The molecule has 3 N–H and O–H groups in total. The van der Waals surface area contributed by atoms with E-state index in [1.54, 1.807) is 24.4 Å². The first kappa shape index (κ1) is 16.4. The first-order chi connectivity index (χ1) is 11.0. The molecule has 0 spiro atoms. The van der Waals surface area contributed by atoms with E-state index < -0.39 is 5.91 Å². The quantitative estimate of drug-likeness (QED) is 0.733. The first-order valence-corrected chi connectivity index (χ1v) is 7.53. The highest BCUT2D eigenvalue weighted by molar-refractivity contribution is 7.14. The van der Waals surface area contributed by atoms with Crippen molar-refractivity contribution in [3.63, 3.8) is 0 Å². The summed E-state index contributed by atoms with van der Waals surface area (Å²) >= 11 is 1.21.